The second-order valence-electron chi connectivity index (χ2n) is 2.77. The molecule has 0 atom stereocenters. The first-order chi connectivity index (χ1) is 6.59. The highest BCUT2D eigenvalue weighted by Crippen LogP contribution is 2.14. The minimum absolute atomic E-state index is 0.152. The van der Waals surface area contributed by atoms with Crippen molar-refractivity contribution in [1.82, 2.24) is 14.6 Å². The van der Waals surface area contributed by atoms with Gasteiger partial charge in [0.25, 0.3) is 5.91 Å². The molecule has 1 amide bonds. The number of hydrogen-bond donors (Lipinski definition) is 3. The van der Waals surface area contributed by atoms with Crippen LogP contribution in [0.1, 0.15) is 10.5 Å². The average molecular weight is 192 g/mol. The van der Waals surface area contributed by atoms with Crippen molar-refractivity contribution in [3.05, 3.63) is 18.0 Å². The maximum absolute atomic E-state index is 10.9. The monoisotopic (exact) mass is 192 g/mol. The quantitative estimate of drug-likeness (QED) is 0.533. The summed E-state index contributed by atoms with van der Waals surface area (Å²) in [7, 11) is 0. The molecule has 2 aromatic rings. The topological polar surface area (TPSA) is 125 Å². The third-order valence-corrected chi connectivity index (χ3v) is 1.77. The van der Waals surface area contributed by atoms with Crippen LogP contribution in [0.25, 0.3) is 5.65 Å². The molecule has 0 unspecified atom stereocenters. The summed E-state index contributed by atoms with van der Waals surface area (Å²) in [6.07, 6.45) is 1.31. The van der Waals surface area contributed by atoms with Crippen molar-refractivity contribution in [1.29, 1.82) is 0 Å². The van der Waals surface area contributed by atoms with E-state index in [0.29, 0.717) is 11.3 Å². The van der Waals surface area contributed by atoms with Gasteiger partial charge in [0.1, 0.15) is 11.5 Å². The second-order valence-corrected chi connectivity index (χ2v) is 2.77. The Morgan fingerprint density at radius 2 is 2.14 bits per heavy atom. The van der Waals surface area contributed by atoms with Crippen LogP contribution in [-0.2, 0) is 0 Å². The number of aromatic nitrogens is 3. The molecular weight excluding hydrogens is 184 g/mol. The normalized spacial score (nSPS) is 10.6. The molecule has 6 N–H and O–H groups in total. The summed E-state index contributed by atoms with van der Waals surface area (Å²) in [6, 6.07) is 1.47. The molecule has 0 radical (unpaired) electrons. The fourth-order valence-corrected chi connectivity index (χ4v) is 1.18. The van der Waals surface area contributed by atoms with Crippen LogP contribution in [0.3, 0.4) is 0 Å². The Kier molecular flexibility index (Phi) is 1.53. The van der Waals surface area contributed by atoms with Gasteiger partial charge in [-0.2, -0.15) is 0 Å². The van der Waals surface area contributed by atoms with Crippen LogP contribution < -0.4 is 17.2 Å². The highest BCUT2D eigenvalue weighted by atomic mass is 16.1. The van der Waals surface area contributed by atoms with Crippen molar-refractivity contribution in [2.24, 2.45) is 5.73 Å². The predicted molar refractivity (Wildman–Crippen MR) is 50.3 cm³/mol. The zero-order valence-corrected chi connectivity index (χ0v) is 7.14. The van der Waals surface area contributed by atoms with E-state index in [0.717, 1.165) is 0 Å². The molecule has 72 valence electrons. The van der Waals surface area contributed by atoms with Crippen molar-refractivity contribution in [2.45, 2.75) is 0 Å². The summed E-state index contributed by atoms with van der Waals surface area (Å²) in [5.74, 6) is -0.425. The number of nitrogens with zero attached hydrogens (tertiary/aromatic N) is 3. The van der Waals surface area contributed by atoms with Gasteiger partial charge in [0, 0.05) is 6.07 Å². The fraction of sp³-hybridized carbons (Fsp3) is 0. The van der Waals surface area contributed by atoms with Gasteiger partial charge in [-0.25, -0.2) is 9.50 Å². The van der Waals surface area contributed by atoms with E-state index in [2.05, 4.69) is 10.1 Å². The molecule has 0 aliphatic heterocycles. The van der Waals surface area contributed by atoms with E-state index in [1.165, 1.54) is 16.8 Å². The largest absolute Gasteiger partial charge is 0.396 e. The lowest BCUT2D eigenvalue weighted by Crippen LogP contribution is -2.15. The molecule has 0 fully saturated rings. The first kappa shape index (κ1) is 8.30. The van der Waals surface area contributed by atoms with E-state index in [-0.39, 0.29) is 11.5 Å². The minimum Gasteiger partial charge on any atom is -0.396 e. The van der Waals surface area contributed by atoms with Gasteiger partial charge in [-0.3, -0.25) is 4.79 Å². The van der Waals surface area contributed by atoms with E-state index in [9.17, 15) is 4.79 Å². The zero-order chi connectivity index (χ0) is 10.3. The Bertz CT molecular complexity index is 516. The number of carbonyl (C=O) groups excluding carboxylic acids is 1. The van der Waals surface area contributed by atoms with Crippen molar-refractivity contribution in [3.63, 3.8) is 0 Å². The summed E-state index contributed by atoms with van der Waals surface area (Å²) in [4.78, 5) is 14.8. The smallest absolute Gasteiger partial charge is 0.269 e. The van der Waals surface area contributed by atoms with Gasteiger partial charge in [-0.1, -0.05) is 0 Å². The number of nitrogen functional groups attached to an aromatic ring is 2. The Morgan fingerprint density at radius 1 is 1.43 bits per heavy atom. The second kappa shape index (κ2) is 2.59. The molecule has 0 aromatic carbocycles. The average Bonchev–Trinajstić information content (AvgIpc) is 2.47. The molecule has 2 heterocycles. The van der Waals surface area contributed by atoms with Gasteiger partial charge in [0.05, 0.1) is 11.9 Å². The standard InChI is InChI=1S/C7H8N6O/c8-3-1-5(9)12-13-4(6(10)14)2-11-7(3)13/h1-2H,8H2,(H2,9,12)(H2,10,14). The summed E-state index contributed by atoms with van der Waals surface area (Å²) in [6.45, 7) is 0. The third kappa shape index (κ3) is 1.03. The van der Waals surface area contributed by atoms with E-state index in [1.807, 2.05) is 0 Å². The Balaban J connectivity index is 2.85. The maximum Gasteiger partial charge on any atom is 0.269 e. The molecule has 0 aliphatic rings. The summed E-state index contributed by atoms with van der Waals surface area (Å²) in [5, 5.41) is 3.87. The van der Waals surface area contributed by atoms with Crippen LogP contribution in [-0.4, -0.2) is 20.5 Å². The molecule has 7 heteroatoms. The molecule has 0 saturated heterocycles. The lowest BCUT2D eigenvalue weighted by molar-refractivity contribution is 0.0993. The number of nitrogens with two attached hydrogens (primary N) is 3. The van der Waals surface area contributed by atoms with Gasteiger partial charge in [-0.15, -0.1) is 5.10 Å². The molecule has 2 rings (SSSR count). The molecule has 7 nitrogen and oxygen atoms in total. The summed E-state index contributed by atoms with van der Waals surface area (Å²) < 4.78 is 1.23. The van der Waals surface area contributed by atoms with E-state index in [4.69, 9.17) is 17.2 Å². The van der Waals surface area contributed by atoms with Crippen LogP contribution >= 0.6 is 0 Å². The predicted octanol–water partition coefficient (Wildman–Crippen LogP) is -1.01. The third-order valence-electron chi connectivity index (χ3n) is 1.77. The Morgan fingerprint density at radius 3 is 2.79 bits per heavy atom. The lowest BCUT2D eigenvalue weighted by atomic mass is 10.4. The molecular formula is C7H8N6O. The fourth-order valence-electron chi connectivity index (χ4n) is 1.18. The van der Waals surface area contributed by atoms with Gasteiger partial charge >= 0.3 is 0 Å². The molecule has 14 heavy (non-hydrogen) atoms. The van der Waals surface area contributed by atoms with Gasteiger partial charge in [0.2, 0.25) is 0 Å². The van der Waals surface area contributed by atoms with Crippen molar-refractivity contribution in [2.75, 3.05) is 11.5 Å². The number of anilines is 2. The maximum atomic E-state index is 10.9. The number of imidazole rings is 1. The highest BCUT2D eigenvalue weighted by Gasteiger charge is 2.11. The van der Waals surface area contributed by atoms with Crippen LogP contribution in [0.4, 0.5) is 11.5 Å². The van der Waals surface area contributed by atoms with Gasteiger partial charge in [-0.05, 0) is 0 Å². The number of hydrogen-bond acceptors (Lipinski definition) is 5. The molecule has 2 aromatic heterocycles. The van der Waals surface area contributed by atoms with Crippen LogP contribution in [0, 0.1) is 0 Å². The number of rotatable bonds is 1. The van der Waals surface area contributed by atoms with E-state index >= 15 is 0 Å². The summed E-state index contributed by atoms with van der Waals surface area (Å²) in [5.41, 5.74) is 17.1. The number of fused-ring (bicyclic) bond motifs is 1. The number of amides is 1. The summed E-state index contributed by atoms with van der Waals surface area (Å²) >= 11 is 0. The number of carbonyl (C=O) groups is 1. The van der Waals surface area contributed by atoms with Crippen molar-refractivity contribution < 1.29 is 4.79 Å². The van der Waals surface area contributed by atoms with Gasteiger partial charge in [0.15, 0.2) is 5.65 Å². The minimum atomic E-state index is -0.630. The molecule has 0 saturated carbocycles. The molecule has 0 bridgehead atoms. The van der Waals surface area contributed by atoms with Crippen molar-refractivity contribution >= 4 is 23.1 Å². The van der Waals surface area contributed by atoms with Crippen LogP contribution in [0.2, 0.25) is 0 Å². The first-order valence-corrected chi connectivity index (χ1v) is 3.79. The van der Waals surface area contributed by atoms with Crippen molar-refractivity contribution in [3.8, 4) is 0 Å². The highest BCUT2D eigenvalue weighted by molar-refractivity contribution is 5.92. The SMILES string of the molecule is NC(=O)c1cnc2c(N)cc(N)nn12. The lowest BCUT2D eigenvalue weighted by Gasteiger charge is -2.00. The van der Waals surface area contributed by atoms with E-state index in [1.54, 1.807) is 0 Å². The number of primary amides is 1. The molecule has 0 aliphatic carbocycles. The van der Waals surface area contributed by atoms with Gasteiger partial charge < -0.3 is 17.2 Å². The Labute approximate surface area is 78.5 Å². The van der Waals surface area contributed by atoms with Crippen LogP contribution in [0.15, 0.2) is 12.3 Å². The van der Waals surface area contributed by atoms with E-state index < -0.39 is 5.91 Å². The molecule has 0 spiro atoms. The zero-order valence-electron chi connectivity index (χ0n) is 7.14. The first-order valence-electron chi connectivity index (χ1n) is 3.79. The Hall–Kier alpha value is -2.31. The van der Waals surface area contributed by atoms with Crippen LogP contribution in [0.5, 0.6) is 0 Å².